The first-order valence-corrected chi connectivity index (χ1v) is 5.25. The Bertz CT molecular complexity index is 420. The van der Waals surface area contributed by atoms with Gasteiger partial charge in [-0.25, -0.2) is 0 Å². The summed E-state index contributed by atoms with van der Waals surface area (Å²) in [7, 11) is 0. The Morgan fingerprint density at radius 3 is 2.69 bits per heavy atom. The topological polar surface area (TPSA) is 12.5 Å². The molecule has 1 saturated heterocycles. The van der Waals surface area contributed by atoms with E-state index in [0.29, 0.717) is 6.73 Å². The highest BCUT2D eigenvalue weighted by Gasteiger charge is 2.17. The molecule has 1 heterocycles. The van der Waals surface area contributed by atoms with Gasteiger partial charge in [-0.3, -0.25) is 0 Å². The van der Waals surface area contributed by atoms with Crippen LogP contribution in [0.4, 0.5) is 5.69 Å². The fourth-order valence-electron chi connectivity index (χ4n) is 1.68. The zero-order chi connectivity index (χ0) is 11.4. The van der Waals surface area contributed by atoms with Crippen LogP contribution < -0.4 is 4.90 Å². The van der Waals surface area contributed by atoms with Gasteiger partial charge in [0.1, 0.15) is 5.76 Å². The second-order valence-corrected chi connectivity index (χ2v) is 3.66. The summed E-state index contributed by atoms with van der Waals surface area (Å²) in [6, 6.07) is 10.2. The second kappa shape index (κ2) is 4.71. The summed E-state index contributed by atoms with van der Waals surface area (Å²) in [5, 5.41) is 0. The number of anilines is 1. The van der Waals surface area contributed by atoms with E-state index in [1.807, 2.05) is 24.3 Å². The van der Waals surface area contributed by atoms with Crippen molar-refractivity contribution in [1.29, 1.82) is 0 Å². The van der Waals surface area contributed by atoms with Crippen molar-refractivity contribution >= 4 is 5.69 Å². The molecule has 0 radical (unpaired) electrons. The van der Waals surface area contributed by atoms with E-state index in [4.69, 9.17) is 4.74 Å². The van der Waals surface area contributed by atoms with Crippen molar-refractivity contribution in [1.82, 2.24) is 0 Å². The van der Waals surface area contributed by atoms with Crippen LogP contribution in [0.3, 0.4) is 0 Å². The quantitative estimate of drug-likeness (QED) is 0.748. The summed E-state index contributed by atoms with van der Waals surface area (Å²) in [6.45, 7) is 8.94. The number of rotatable bonds is 2. The average Bonchev–Trinajstić information content (AvgIpc) is 2.33. The maximum absolute atomic E-state index is 5.53. The SMILES string of the molecule is C=C/C=C1/CN(c2ccccc2)COC1=C. The summed E-state index contributed by atoms with van der Waals surface area (Å²) in [5.74, 6) is 0.743. The molecule has 1 aliphatic heterocycles. The van der Waals surface area contributed by atoms with Gasteiger partial charge in [-0.15, -0.1) is 0 Å². The van der Waals surface area contributed by atoms with E-state index in [1.54, 1.807) is 6.08 Å². The molecule has 16 heavy (non-hydrogen) atoms. The number of ether oxygens (including phenoxy) is 1. The molecular weight excluding hydrogens is 198 g/mol. The fourth-order valence-corrected chi connectivity index (χ4v) is 1.68. The molecule has 0 spiro atoms. The number of allylic oxidation sites excluding steroid dienone is 2. The van der Waals surface area contributed by atoms with E-state index >= 15 is 0 Å². The maximum Gasteiger partial charge on any atom is 0.161 e. The third-order valence-electron chi connectivity index (χ3n) is 2.55. The monoisotopic (exact) mass is 213 g/mol. The molecule has 0 N–H and O–H groups in total. The van der Waals surface area contributed by atoms with Crippen LogP contribution in [-0.4, -0.2) is 13.3 Å². The minimum Gasteiger partial charge on any atom is -0.473 e. The number of hydrogen-bond donors (Lipinski definition) is 0. The zero-order valence-electron chi connectivity index (χ0n) is 9.23. The fraction of sp³-hybridized carbons (Fsp3) is 0.143. The minimum absolute atomic E-state index is 0.553. The van der Waals surface area contributed by atoms with E-state index in [2.05, 4.69) is 30.2 Å². The number of nitrogens with zero attached hydrogens (tertiary/aromatic N) is 1. The molecule has 1 aromatic rings. The molecule has 1 fully saturated rings. The van der Waals surface area contributed by atoms with Crippen molar-refractivity contribution in [3.8, 4) is 0 Å². The van der Waals surface area contributed by atoms with Gasteiger partial charge in [0.2, 0.25) is 0 Å². The van der Waals surface area contributed by atoms with Crippen LogP contribution in [0.1, 0.15) is 0 Å². The largest absolute Gasteiger partial charge is 0.473 e. The number of benzene rings is 1. The van der Waals surface area contributed by atoms with E-state index in [1.165, 1.54) is 0 Å². The highest BCUT2D eigenvalue weighted by atomic mass is 16.5. The highest BCUT2D eigenvalue weighted by molar-refractivity contribution is 5.49. The van der Waals surface area contributed by atoms with Crippen LogP contribution in [0.15, 0.2) is 67.0 Å². The van der Waals surface area contributed by atoms with Gasteiger partial charge in [-0.05, 0) is 12.1 Å². The summed E-state index contributed by atoms with van der Waals surface area (Å²) < 4.78 is 5.53. The molecule has 2 heteroatoms. The van der Waals surface area contributed by atoms with Crippen molar-refractivity contribution in [2.24, 2.45) is 0 Å². The minimum atomic E-state index is 0.553. The molecule has 0 aromatic heterocycles. The van der Waals surface area contributed by atoms with Gasteiger partial charge >= 0.3 is 0 Å². The molecule has 0 aliphatic carbocycles. The summed E-state index contributed by atoms with van der Waals surface area (Å²) in [4.78, 5) is 2.16. The van der Waals surface area contributed by atoms with Crippen LogP contribution in [0.5, 0.6) is 0 Å². The lowest BCUT2D eigenvalue weighted by Crippen LogP contribution is -2.33. The van der Waals surface area contributed by atoms with Gasteiger partial charge < -0.3 is 9.64 Å². The summed E-state index contributed by atoms with van der Waals surface area (Å²) >= 11 is 0. The van der Waals surface area contributed by atoms with Gasteiger partial charge in [0.25, 0.3) is 0 Å². The van der Waals surface area contributed by atoms with Gasteiger partial charge in [-0.2, -0.15) is 0 Å². The Labute approximate surface area is 96.1 Å². The van der Waals surface area contributed by atoms with Crippen molar-refractivity contribution < 1.29 is 4.74 Å². The molecule has 0 bridgehead atoms. The molecule has 0 saturated carbocycles. The van der Waals surface area contributed by atoms with Crippen LogP contribution in [0.2, 0.25) is 0 Å². The van der Waals surface area contributed by atoms with Crippen LogP contribution in [0.25, 0.3) is 0 Å². The van der Waals surface area contributed by atoms with Gasteiger partial charge in [0.05, 0.1) is 0 Å². The van der Waals surface area contributed by atoms with Crippen LogP contribution in [0, 0.1) is 0 Å². The molecule has 2 nitrogen and oxygen atoms in total. The molecule has 2 rings (SSSR count). The Morgan fingerprint density at radius 2 is 2.00 bits per heavy atom. The van der Waals surface area contributed by atoms with Crippen molar-refractivity contribution in [3.63, 3.8) is 0 Å². The third kappa shape index (κ3) is 2.16. The predicted molar refractivity (Wildman–Crippen MR) is 67.2 cm³/mol. The lowest BCUT2D eigenvalue weighted by atomic mass is 10.1. The van der Waals surface area contributed by atoms with E-state index in [0.717, 1.165) is 23.6 Å². The van der Waals surface area contributed by atoms with E-state index < -0.39 is 0 Å². The third-order valence-corrected chi connectivity index (χ3v) is 2.55. The smallest absolute Gasteiger partial charge is 0.161 e. The molecule has 0 atom stereocenters. The molecule has 82 valence electrons. The Kier molecular flexibility index (Phi) is 3.10. The Balaban J connectivity index is 2.18. The lowest BCUT2D eigenvalue weighted by Gasteiger charge is -2.31. The first-order valence-electron chi connectivity index (χ1n) is 5.25. The van der Waals surface area contributed by atoms with Crippen LogP contribution in [-0.2, 0) is 4.74 Å². The van der Waals surface area contributed by atoms with Gasteiger partial charge in [0.15, 0.2) is 6.73 Å². The number of para-hydroxylation sites is 1. The summed E-state index contributed by atoms with van der Waals surface area (Å²) in [6.07, 6.45) is 3.70. The normalized spacial score (nSPS) is 18.4. The van der Waals surface area contributed by atoms with E-state index in [-0.39, 0.29) is 0 Å². The molecule has 0 amide bonds. The first-order chi connectivity index (χ1) is 7.81. The lowest BCUT2D eigenvalue weighted by molar-refractivity contribution is 0.203. The Hall–Kier alpha value is -1.96. The summed E-state index contributed by atoms with van der Waals surface area (Å²) in [5.41, 5.74) is 2.23. The van der Waals surface area contributed by atoms with Crippen LogP contribution >= 0.6 is 0 Å². The van der Waals surface area contributed by atoms with E-state index in [9.17, 15) is 0 Å². The van der Waals surface area contributed by atoms with Crippen molar-refractivity contribution in [3.05, 3.63) is 67.0 Å². The number of hydrogen-bond acceptors (Lipinski definition) is 2. The van der Waals surface area contributed by atoms with Crippen molar-refractivity contribution in [2.75, 3.05) is 18.2 Å². The average molecular weight is 213 g/mol. The standard InChI is InChI=1S/C14H15NO/c1-3-7-13-10-15(11-16-12(13)2)14-8-5-4-6-9-14/h3-9H,1-2,10-11H2/b13-7-. The highest BCUT2D eigenvalue weighted by Crippen LogP contribution is 2.23. The maximum atomic E-state index is 5.53. The van der Waals surface area contributed by atoms with Gasteiger partial charge in [0, 0.05) is 17.8 Å². The second-order valence-electron chi connectivity index (χ2n) is 3.66. The Morgan fingerprint density at radius 1 is 1.25 bits per heavy atom. The van der Waals surface area contributed by atoms with Crippen molar-refractivity contribution in [2.45, 2.75) is 0 Å². The van der Waals surface area contributed by atoms with Gasteiger partial charge in [-0.1, -0.05) is 43.5 Å². The molecular formula is C14H15NO. The molecule has 1 aromatic carbocycles. The molecule has 1 aliphatic rings. The predicted octanol–water partition coefficient (Wildman–Crippen LogP) is 3.11. The first kappa shape index (κ1) is 10.6. The molecule has 0 unspecified atom stereocenters. The zero-order valence-corrected chi connectivity index (χ0v) is 9.23.